The lowest BCUT2D eigenvalue weighted by atomic mass is 10.1. The highest BCUT2D eigenvalue weighted by Crippen LogP contribution is 2.32. The molecule has 1 N–H and O–H groups in total. The van der Waals surface area contributed by atoms with Gasteiger partial charge in [0, 0.05) is 43.1 Å². The highest BCUT2D eigenvalue weighted by atomic mass is 35.5. The van der Waals surface area contributed by atoms with Crippen LogP contribution in [0.5, 0.6) is 0 Å². The van der Waals surface area contributed by atoms with Crippen molar-refractivity contribution < 1.29 is 9.13 Å². The Morgan fingerprint density at radius 2 is 2.09 bits per heavy atom. The second kappa shape index (κ2) is 8.77. The van der Waals surface area contributed by atoms with Gasteiger partial charge >= 0.3 is 0 Å². The van der Waals surface area contributed by atoms with Gasteiger partial charge in [0.2, 0.25) is 0 Å². The molecule has 32 heavy (non-hydrogen) atoms. The summed E-state index contributed by atoms with van der Waals surface area (Å²) in [4.78, 5) is 9.53. The summed E-state index contributed by atoms with van der Waals surface area (Å²) in [6, 6.07) is 7.03. The lowest BCUT2D eigenvalue weighted by Gasteiger charge is -2.44. The summed E-state index contributed by atoms with van der Waals surface area (Å²) in [5.74, 6) is 1.10. The lowest BCUT2D eigenvalue weighted by Crippen LogP contribution is -2.58. The fraction of sp³-hybridized carbons (Fsp3) is 0.435. The van der Waals surface area contributed by atoms with E-state index >= 15 is 0 Å². The van der Waals surface area contributed by atoms with Crippen LogP contribution in [0.4, 0.5) is 16.0 Å². The summed E-state index contributed by atoms with van der Waals surface area (Å²) in [6.45, 7) is 9.22. The summed E-state index contributed by atoms with van der Waals surface area (Å²) in [5, 5.41) is 14.1. The third kappa shape index (κ3) is 3.98. The minimum absolute atomic E-state index is 0.117. The molecule has 2 saturated heterocycles. The van der Waals surface area contributed by atoms with Crippen LogP contribution >= 0.6 is 11.6 Å². The first-order valence-electron chi connectivity index (χ1n) is 10.9. The van der Waals surface area contributed by atoms with E-state index in [-0.39, 0.29) is 11.1 Å². The molecular weight excluding hydrogens is 431 g/mol. The van der Waals surface area contributed by atoms with Gasteiger partial charge < -0.3 is 15.0 Å². The van der Waals surface area contributed by atoms with Gasteiger partial charge in [0.1, 0.15) is 11.6 Å². The quantitative estimate of drug-likeness (QED) is 0.640. The smallest absolute Gasteiger partial charge is 0.157 e. The van der Waals surface area contributed by atoms with Crippen LogP contribution in [0.15, 0.2) is 30.5 Å². The van der Waals surface area contributed by atoms with E-state index in [1.807, 2.05) is 26.1 Å². The van der Waals surface area contributed by atoms with Crippen molar-refractivity contribution >= 4 is 34.0 Å². The summed E-state index contributed by atoms with van der Waals surface area (Å²) in [6.07, 6.45) is 1.86. The van der Waals surface area contributed by atoms with Crippen molar-refractivity contribution in [1.82, 2.24) is 20.1 Å². The zero-order chi connectivity index (χ0) is 22.2. The number of fused-ring (bicyclic) bond motifs is 2. The molecule has 2 aliphatic heterocycles. The Hall–Kier alpha value is -2.55. The van der Waals surface area contributed by atoms with E-state index in [4.69, 9.17) is 21.3 Å². The molecule has 0 spiro atoms. The molecule has 0 amide bonds. The number of halogens is 2. The Morgan fingerprint density at radius 1 is 1.22 bits per heavy atom. The maximum atomic E-state index is 13.9. The van der Waals surface area contributed by atoms with Gasteiger partial charge in [0.15, 0.2) is 5.82 Å². The summed E-state index contributed by atoms with van der Waals surface area (Å²) in [5.41, 5.74) is 1.48. The number of nitrogens with one attached hydrogen (secondary N) is 1. The number of aromatic nitrogens is 3. The lowest BCUT2D eigenvalue weighted by molar-refractivity contribution is -0.0117. The van der Waals surface area contributed by atoms with Gasteiger partial charge in [-0.25, -0.2) is 9.37 Å². The SMILES string of the molecule is Cc1nnc(N[C@H](C)c2cccc(F)c2Cl)c2cc(N3CCN4CCOC[C@@H]4C3)ncc12. The van der Waals surface area contributed by atoms with Crippen molar-refractivity contribution in [2.75, 3.05) is 49.6 Å². The number of nitrogens with zero attached hydrogens (tertiary/aromatic N) is 5. The highest BCUT2D eigenvalue weighted by Gasteiger charge is 2.30. The monoisotopic (exact) mass is 456 g/mol. The van der Waals surface area contributed by atoms with Crippen LogP contribution in [-0.2, 0) is 4.74 Å². The van der Waals surface area contributed by atoms with Gasteiger partial charge in [0.05, 0.1) is 36.0 Å². The molecule has 9 heteroatoms. The molecule has 7 nitrogen and oxygen atoms in total. The van der Waals surface area contributed by atoms with E-state index in [2.05, 4.69) is 31.4 Å². The van der Waals surface area contributed by atoms with Crippen molar-refractivity contribution in [1.29, 1.82) is 0 Å². The molecule has 0 bridgehead atoms. The fourth-order valence-electron chi connectivity index (χ4n) is 4.53. The largest absolute Gasteiger partial charge is 0.378 e. The van der Waals surface area contributed by atoms with Crippen molar-refractivity contribution in [3.05, 3.63) is 52.6 Å². The second-order valence-corrected chi connectivity index (χ2v) is 8.82. The van der Waals surface area contributed by atoms with Crippen LogP contribution in [0.1, 0.15) is 24.2 Å². The molecule has 2 aliphatic rings. The molecular formula is C23H26ClFN6O. The molecule has 1 aromatic carbocycles. The number of anilines is 2. The first kappa shape index (κ1) is 21.3. The molecule has 4 heterocycles. The van der Waals surface area contributed by atoms with Crippen LogP contribution in [0.2, 0.25) is 5.02 Å². The van der Waals surface area contributed by atoms with Crippen molar-refractivity contribution in [3.8, 4) is 0 Å². The third-order valence-corrected chi connectivity index (χ3v) is 6.80. The number of morpholine rings is 1. The molecule has 2 atom stereocenters. The molecule has 168 valence electrons. The Kier molecular flexibility index (Phi) is 5.84. The van der Waals surface area contributed by atoms with Gasteiger partial charge in [-0.1, -0.05) is 23.7 Å². The minimum Gasteiger partial charge on any atom is -0.378 e. The Morgan fingerprint density at radius 3 is 2.97 bits per heavy atom. The predicted octanol–water partition coefficient (Wildman–Crippen LogP) is 3.82. The first-order chi connectivity index (χ1) is 15.5. The molecule has 2 fully saturated rings. The normalized spacial score (nSPS) is 20.2. The number of ether oxygens (including phenoxy) is 1. The van der Waals surface area contributed by atoms with Crippen LogP contribution in [-0.4, -0.2) is 65.5 Å². The van der Waals surface area contributed by atoms with Crippen LogP contribution < -0.4 is 10.2 Å². The van der Waals surface area contributed by atoms with Crippen LogP contribution in [0.25, 0.3) is 10.8 Å². The van der Waals surface area contributed by atoms with Crippen molar-refractivity contribution in [3.63, 3.8) is 0 Å². The van der Waals surface area contributed by atoms with E-state index in [0.29, 0.717) is 17.4 Å². The van der Waals surface area contributed by atoms with E-state index in [1.165, 1.54) is 6.07 Å². The van der Waals surface area contributed by atoms with Gasteiger partial charge in [0.25, 0.3) is 0 Å². The predicted molar refractivity (Wildman–Crippen MR) is 124 cm³/mol. The highest BCUT2D eigenvalue weighted by molar-refractivity contribution is 6.31. The average molecular weight is 457 g/mol. The number of aryl methyl sites for hydroxylation is 1. The van der Waals surface area contributed by atoms with Crippen molar-refractivity contribution in [2.24, 2.45) is 0 Å². The van der Waals surface area contributed by atoms with Gasteiger partial charge in [-0.05, 0) is 31.5 Å². The molecule has 0 radical (unpaired) electrons. The zero-order valence-corrected chi connectivity index (χ0v) is 18.9. The maximum Gasteiger partial charge on any atom is 0.157 e. The zero-order valence-electron chi connectivity index (χ0n) is 18.2. The van der Waals surface area contributed by atoms with Crippen LogP contribution in [0, 0.1) is 12.7 Å². The minimum atomic E-state index is -0.435. The molecule has 2 aromatic heterocycles. The Bertz CT molecular complexity index is 1140. The molecule has 0 saturated carbocycles. The van der Waals surface area contributed by atoms with Gasteiger partial charge in [-0.15, -0.1) is 5.10 Å². The van der Waals surface area contributed by atoms with E-state index < -0.39 is 5.82 Å². The fourth-order valence-corrected chi connectivity index (χ4v) is 4.82. The topological polar surface area (TPSA) is 66.4 Å². The van der Waals surface area contributed by atoms with E-state index in [1.54, 1.807) is 6.07 Å². The number of hydrogen-bond donors (Lipinski definition) is 1. The second-order valence-electron chi connectivity index (χ2n) is 8.44. The third-order valence-electron chi connectivity index (χ3n) is 6.40. The average Bonchev–Trinajstić information content (AvgIpc) is 2.82. The van der Waals surface area contributed by atoms with Crippen molar-refractivity contribution in [2.45, 2.75) is 25.9 Å². The standard InChI is InChI=1S/C23H26ClFN6O/c1-14(17-4-3-5-20(25)22(17)24)27-23-18-10-21(26-11-19(18)15(2)28-29-23)31-7-6-30-8-9-32-13-16(30)12-31/h3-5,10-11,14,16H,6-9,12-13H2,1-2H3,(H,27,29)/t14-,16+/m1/s1. The summed E-state index contributed by atoms with van der Waals surface area (Å²) >= 11 is 6.20. The number of benzene rings is 1. The molecule has 0 unspecified atom stereocenters. The maximum absolute atomic E-state index is 13.9. The molecule has 3 aromatic rings. The Balaban J connectivity index is 1.46. The summed E-state index contributed by atoms with van der Waals surface area (Å²) in [7, 11) is 0. The van der Waals surface area contributed by atoms with E-state index in [0.717, 1.165) is 61.7 Å². The van der Waals surface area contributed by atoms with Gasteiger partial charge in [-0.3, -0.25) is 4.90 Å². The van der Waals surface area contributed by atoms with E-state index in [9.17, 15) is 4.39 Å². The number of hydrogen-bond acceptors (Lipinski definition) is 7. The number of piperazine rings is 1. The number of rotatable bonds is 4. The first-order valence-corrected chi connectivity index (χ1v) is 11.3. The Labute approximate surface area is 191 Å². The molecule has 5 rings (SSSR count). The van der Waals surface area contributed by atoms with Gasteiger partial charge in [-0.2, -0.15) is 5.10 Å². The molecule has 0 aliphatic carbocycles. The number of pyridine rings is 1. The summed E-state index contributed by atoms with van der Waals surface area (Å²) < 4.78 is 19.6. The van der Waals surface area contributed by atoms with Crippen LogP contribution in [0.3, 0.4) is 0 Å².